The van der Waals surface area contributed by atoms with Crippen molar-refractivity contribution in [3.05, 3.63) is 58.0 Å². The normalized spacial score (nSPS) is 14.2. The highest BCUT2D eigenvalue weighted by Crippen LogP contribution is 2.35. The zero-order chi connectivity index (χ0) is 25.4. The maximum absolute atomic E-state index is 6.29. The summed E-state index contributed by atoms with van der Waals surface area (Å²) in [7, 11) is 3.52. The average Bonchev–Trinajstić information content (AvgIpc) is 3.08. The monoisotopic (exact) mass is 504 g/mol. The second-order valence-corrected chi connectivity index (χ2v) is 10.7. The third-order valence-corrected chi connectivity index (χ3v) is 7.42. The molecule has 1 aliphatic heterocycles. The molecule has 8 nitrogen and oxygen atoms in total. The Morgan fingerprint density at radius 2 is 1.92 bits per heavy atom. The number of benzene rings is 1. The average molecular weight is 505 g/mol. The standard InChI is InChI=1S/C27H33N7OS/c1-6-21-22(7-2)30-25(15-33(4)5)31-27(21)34-8-9-35-26-17(3)10-18(11-20(26)14-34)19-12-23-24(29-13-19)16-36(28)32-23/h10-13,16,28H,6-9,14-15H2,1-5H3/p+1. The summed E-state index contributed by atoms with van der Waals surface area (Å²) in [6.45, 7) is 9.29. The summed E-state index contributed by atoms with van der Waals surface area (Å²) in [4.78, 5) is 19.0. The van der Waals surface area contributed by atoms with Crippen molar-refractivity contribution < 1.29 is 4.74 Å². The first-order valence-electron chi connectivity index (χ1n) is 12.5. The van der Waals surface area contributed by atoms with Crippen LogP contribution < -0.4 is 14.8 Å². The van der Waals surface area contributed by atoms with Crippen LogP contribution >= 0.6 is 10.9 Å². The minimum absolute atomic E-state index is 0.585. The molecular weight excluding hydrogens is 470 g/mol. The van der Waals surface area contributed by atoms with Crippen LogP contribution in [0.15, 0.2) is 29.8 Å². The summed E-state index contributed by atoms with van der Waals surface area (Å²) in [5.74, 6) is 2.86. The highest BCUT2D eigenvalue weighted by Gasteiger charge is 2.24. The van der Waals surface area contributed by atoms with E-state index < -0.39 is 10.9 Å². The van der Waals surface area contributed by atoms with E-state index in [-0.39, 0.29) is 0 Å². The van der Waals surface area contributed by atoms with Gasteiger partial charge >= 0.3 is 0 Å². The van der Waals surface area contributed by atoms with Gasteiger partial charge in [-0.05, 0) is 67.6 Å². The third-order valence-electron chi connectivity index (χ3n) is 6.55. The van der Waals surface area contributed by atoms with E-state index in [0.717, 1.165) is 82.3 Å². The first-order valence-corrected chi connectivity index (χ1v) is 13.8. The van der Waals surface area contributed by atoms with Crippen LogP contribution in [0.25, 0.3) is 22.2 Å². The third kappa shape index (κ3) is 4.78. The van der Waals surface area contributed by atoms with Crippen molar-refractivity contribution in [1.82, 2.24) is 24.2 Å². The van der Waals surface area contributed by atoms with Gasteiger partial charge in [0.05, 0.1) is 13.1 Å². The maximum atomic E-state index is 6.29. The summed E-state index contributed by atoms with van der Waals surface area (Å²) in [6, 6.07) is 6.47. The number of ether oxygens (including phenoxy) is 1. The minimum atomic E-state index is -0.585. The van der Waals surface area contributed by atoms with Crippen LogP contribution in [0.5, 0.6) is 5.75 Å². The molecule has 3 aromatic heterocycles. The molecule has 1 aromatic carbocycles. The molecule has 4 heterocycles. The zero-order valence-electron chi connectivity index (χ0n) is 21.7. The second kappa shape index (κ2) is 10.1. The van der Waals surface area contributed by atoms with Crippen molar-refractivity contribution in [2.45, 2.75) is 46.7 Å². The summed E-state index contributed by atoms with van der Waals surface area (Å²) in [5.41, 5.74) is 8.49. The molecule has 0 spiro atoms. The molecule has 1 unspecified atom stereocenters. The lowest BCUT2D eigenvalue weighted by Crippen LogP contribution is -2.29. The largest absolute Gasteiger partial charge is 0.491 e. The maximum Gasteiger partial charge on any atom is 0.213 e. The van der Waals surface area contributed by atoms with E-state index in [9.17, 15) is 0 Å². The summed E-state index contributed by atoms with van der Waals surface area (Å²) in [5, 5.41) is 7.90. The Morgan fingerprint density at radius 1 is 1.08 bits per heavy atom. The van der Waals surface area contributed by atoms with Crippen LogP contribution in [-0.4, -0.2) is 51.5 Å². The highest BCUT2D eigenvalue weighted by atomic mass is 32.2. The van der Waals surface area contributed by atoms with E-state index in [2.05, 4.69) is 72.2 Å². The van der Waals surface area contributed by atoms with Crippen LogP contribution in [0.3, 0.4) is 0 Å². The van der Waals surface area contributed by atoms with E-state index in [1.807, 2.05) is 11.6 Å². The van der Waals surface area contributed by atoms with E-state index in [0.29, 0.717) is 13.2 Å². The molecule has 2 N–H and O–H groups in total. The number of aryl methyl sites for hydroxylation is 2. The molecule has 0 saturated heterocycles. The van der Waals surface area contributed by atoms with E-state index in [1.54, 1.807) is 0 Å². The number of nitrogen functional groups attached to an aromatic ring is 1. The van der Waals surface area contributed by atoms with Gasteiger partial charge < -0.3 is 14.5 Å². The van der Waals surface area contributed by atoms with Gasteiger partial charge in [0, 0.05) is 35.1 Å². The minimum Gasteiger partial charge on any atom is -0.491 e. The molecule has 0 saturated carbocycles. The fourth-order valence-corrected chi connectivity index (χ4v) is 5.77. The zero-order valence-corrected chi connectivity index (χ0v) is 22.5. The molecule has 0 amide bonds. The van der Waals surface area contributed by atoms with Gasteiger partial charge in [-0.2, -0.15) is 0 Å². The molecule has 0 radical (unpaired) electrons. The van der Waals surface area contributed by atoms with Crippen LogP contribution in [0.2, 0.25) is 0 Å². The Bertz CT molecular complexity index is 1420. The Labute approximate surface area is 215 Å². The molecule has 0 bridgehead atoms. The Morgan fingerprint density at radius 3 is 2.67 bits per heavy atom. The fourth-order valence-electron chi connectivity index (χ4n) is 4.94. The molecule has 1 atom stereocenters. The van der Waals surface area contributed by atoms with Gasteiger partial charge in [0.25, 0.3) is 0 Å². The number of fused-ring (bicyclic) bond motifs is 2. The molecular formula is C27H34N7OS+. The van der Waals surface area contributed by atoms with Crippen molar-refractivity contribution in [1.29, 1.82) is 0 Å². The van der Waals surface area contributed by atoms with Gasteiger partial charge in [-0.3, -0.25) is 0 Å². The molecule has 5 rings (SSSR count). The topological polar surface area (TPSA) is 93.3 Å². The number of aromatic nitrogens is 4. The second-order valence-electron chi connectivity index (χ2n) is 9.57. The summed E-state index contributed by atoms with van der Waals surface area (Å²) >= 11 is 0. The summed E-state index contributed by atoms with van der Waals surface area (Å²) < 4.78 is 10.8. The molecule has 36 heavy (non-hydrogen) atoms. The van der Waals surface area contributed by atoms with E-state index in [4.69, 9.17) is 19.8 Å². The van der Waals surface area contributed by atoms with E-state index >= 15 is 0 Å². The molecule has 188 valence electrons. The molecule has 1 aliphatic rings. The Hall–Kier alpha value is -3.14. The quantitative estimate of drug-likeness (QED) is 0.385. The lowest BCUT2D eigenvalue weighted by Gasteiger charge is -2.26. The fraction of sp³-hybridized carbons (Fsp3) is 0.407. The van der Waals surface area contributed by atoms with Crippen LogP contribution in [0, 0.1) is 6.92 Å². The number of rotatable bonds is 6. The number of pyridine rings is 1. The number of hydrogen-bond donors (Lipinski definition) is 1. The smallest absolute Gasteiger partial charge is 0.213 e. The summed E-state index contributed by atoms with van der Waals surface area (Å²) in [6.07, 6.45) is 3.69. The predicted molar refractivity (Wildman–Crippen MR) is 147 cm³/mol. The molecule has 0 aliphatic carbocycles. The van der Waals surface area contributed by atoms with Crippen LogP contribution in [0.1, 0.15) is 42.1 Å². The van der Waals surface area contributed by atoms with Gasteiger partial charge in [0.15, 0.2) is 21.9 Å². The van der Waals surface area contributed by atoms with Gasteiger partial charge in [-0.15, -0.1) is 5.14 Å². The van der Waals surface area contributed by atoms with Crippen LogP contribution in [0.4, 0.5) is 5.82 Å². The lowest BCUT2D eigenvalue weighted by molar-refractivity contribution is 0.329. The first-order chi connectivity index (χ1) is 17.4. The van der Waals surface area contributed by atoms with E-state index in [1.165, 1.54) is 5.56 Å². The van der Waals surface area contributed by atoms with Gasteiger partial charge in [0.2, 0.25) is 5.38 Å². The van der Waals surface area contributed by atoms with Crippen molar-refractivity contribution in [2.75, 3.05) is 37.3 Å². The number of nitrogens with two attached hydrogens (primary N) is 1. The molecule has 0 fully saturated rings. The van der Waals surface area contributed by atoms with Gasteiger partial charge in [0.1, 0.15) is 24.0 Å². The SMILES string of the molecule is CCc1nc(CN(C)C)nc(N2CCOc3c(C)cc(-c4cnc5c[s+](N)nc5c4)cc3C2)c1CC. The van der Waals surface area contributed by atoms with Gasteiger partial charge in [-0.1, -0.05) is 13.8 Å². The van der Waals surface area contributed by atoms with Crippen molar-refractivity contribution in [2.24, 2.45) is 0 Å². The van der Waals surface area contributed by atoms with Crippen LogP contribution in [-0.2, 0) is 25.9 Å². The molecule has 9 heteroatoms. The number of nitrogens with zero attached hydrogens (tertiary/aromatic N) is 6. The predicted octanol–water partition coefficient (Wildman–Crippen LogP) is 4.44. The highest BCUT2D eigenvalue weighted by molar-refractivity contribution is 7.25. The first kappa shape index (κ1) is 24.5. The number of anilines is 1. The van der Waals surface area contributed by atoms with Gasteiger partial charge in [-0.25, -0.2) is 15.0 Å². The van der Waals surface area contributed by atoms with Crippen molar-refractivity contribution in [3.63, 3.8) is 0 Å². The lowest BCUT2D eigenvalue weighted by atomic mass is 9.99. The van der Waals surface area contributed by atoms with Crippen molar-refractivity contribution in [3.8, 4) is 16.9 Å². The Balaban J connectivity index is 1.56. The number of hydrogen-bond acceptors (Lipinski definition) is 8. The Kier molecular flexibility index (Phi) is 6.87. The molecule has 4 aromatic rings. The van der Waals surface area contributed by atoms with Crippen molar-refractivity contribution >= 4 is 27.7 Å².